The maximum Gasteiger partial charge on any atom is 0.412 e. The molecule has 170 valence electrons. The Morgan fingerprint density at radius 2 is 2.00 bits per heavy atom. The molecule has 1 heterocycles. The summed E-state index contributed by atoms with van der Waals surface area (Å²) in [6, 6.07) is 4.92. The van der Waals surface area contributed by atoms with Crippen LogP contribution in [0.4, 0.5) is 10.5 Å². The fourth-order valence-corrected chi connectivity index (χ4v) is 3.37. The zero-order chi connectivity index (χ0) is 23.4. The summed E-state index contributed by atoms with van der Waals surface area (Å²) in [5.74, 6) is 0.0520. The van der Waals surface area contributed by atoms with Gasteiger partial charge >= 0.3 is 6.09 Å². The predicted molar refractivity (Wildman–Crippen MR) is 119 cm³/mol. The monoisotopic (exact) mass is 431 g/mol. The molecule has 0 saturated heterocycles. The van der Waals surface area contributed by atoms with Crippen molar-refractivity contribution in [1.82, 2.24) is 10.2 Å². The molecule has 1 atom stereocenters. The molecule has 8 nitrogen and oxygen atoms in total. The molecule has 0 fully saturated rings. The van der Waals surface area contributed by atoms with Crippen LogP contribution in [0.25, 0.3) is 0 Å². The van der Waals surface area contributed by atoms with Crippen molar-refractivity contribution in [3.05, 3.63) is 36.4 Å². The van der Waals surface area contributed by atoms with Gasteiger partial charge < -0.3 is 19.7 Å². The first-order valence-electron chi connectivity index (χ1n) is 10.4. The van der Waals surface area contributed by atoms with Crippen molar-refractivity contribution in [1.29, 1.82) is 0 Å². The van der Waals surface area contributed by atoms with Crippen LogP contribution in [0.15, 0.2) is 30.9 Å². The van der Waals surface area contributed by atoms with Gasteiger partial charge in [0.25, 0.3) is 0 Å². The highest BCUT2D eigenvalue weighted by Gasteiger charge is 2.35. The van der Waals surface area contributed by atoms with Gasteiger partial charge in [-0.25, -0.2) is 4.79 Å². The van der Waals surface area contributed by atoms with Crippen LogP contribution in [-0.2, 0) is 14.3 Å². The van der Waals surface area contributed by atoms with E-state index in [-0.39, 0.29) is 24.4 Å². The topological polar surface area (TPSA) is 97.0 Å². The Morgan fingerprint density at radius 1 is 1.32 bits per heavy atom. The van der Waals surface area contributed by atoms with Crippen LogP contribution in [0.1, 0.15) is 59.6 Å². The maximum absolute atomic E-state index is 12.7. The number of carbonyl (C=O) groups is 3. The summed E-state index contributed by atoms with van der Waals surface area (Å²) in [5.41, 5.74) is 0.175. The fourth-order valence-electron chi connectivity index (χ4n) is 3.37. The second-order valence-electron chi connectivity index (χ2n) is 9.12. The highest BCUT2D eigenvalue weighted by molar-refractivity contribution is 5.91. The molecule has 1 aromatic rings. The van der Waals surface area contributed by atoms with Gasteiger partial charge in [0.15, 0.2) is 0 Å². The molecule has 2 rings (SSSR count). The minimum Gasteiger partial charge on any atom is -0.487 e. The Balaban J connectivity index is 2.21. The Kier molecular flexibility index (Phi) is 7.36. The molecule has 31 heavy (non-hydrogen) atoms. The highest BCUT2D eigenvalue weighted by Crippen LogP contribution is 2.40. The molecule has 0 aliphatic carbocycles. The van der Waals surface area contributed by atoms with E-state index < -0.39 is 17.3 Å². The molecule has 0 saturated carbocycles. The van der Waals surface area contributed by atoms with Crippen LogP contribution < -0.4 is 15.4 Å². The molecule has 1 unspecified atom stereocenters. The lowest BCUT2D eigenvalue weighted by Crippen LogP contribution is -2.45. The van der Waals surface area contributed by atoms with E-state index in [1.807, 2.05) is 13.8 Å². The van der Waals surface area contributed by atoms with E-state index in [1.165, 1.54) is 11.0 Å². The number of amides is 3. The number of carbonyl (C=O) groups excluding carboxylic acids is 3. The van der Waals surface area contributed by atoms with Crippen LogP contribution in [-0.4, -0.2) is 47.1 Å². The standard InChI is InChI=1S/C23H33N3O5/c1-8-20(28)26(9-2)14-19(27)25-17-13-23(6,7)30-18-11-10-15(12-16(17)18)24-21(29)31-22(3,4)5/h8,10-12,17H,1,9,13-14H2,2-7H3,(H,24,29)(H,25,27). The van der Waals surface area contributed by atoms with Gasteiger partial charge in [-0.15, -0.1) is 0 Å². The van der Waals surface area contributed by atoms with E-state index in [0.717, 1.165) is 5.56 Å². The van der Waals surface area contributed by atoms with Crippen LogP contribution in [0.2, 0.25) is 0 Å². The number of hydrogen-bond donors (Lipinski definition) is 2. The third-order valence-electron chi connectivity index (χ3n) is 4.65. The zero-order valence-electron chi connectivity index (χ0n) is 19.2. The van der Waals surface area contributed by atoms with E-state index in [9.17, 15) is 14.4 Å². The van der Waals surface area contributed by atoms with Crippen molar-refractivity contribution in [3.8, 4) is 5.75 Å². The number of hydrogen-bond acceptors (Lipinski definition) is 5. The molecule has 8 heteroatoms. The Morgan fingerprint density at radius 3 is 2.58 bits per heavy atom. The lowest BCUT2D eigenvalue weighted by Gasteiger charge is -2.38. The van der Waals surface area contributed by atoms with Gasteiger partial charge in [0.1, 0.15) is 17.0 Å². The van der Waals surface area contributed by atoms with Crippen LogP contribution in [0.5, 0.6) is 5.75 Å². The van der Waals surface area contributed by atoms with E-state index in [4.69, 9.17) is 9.47 Å². The van der Waals surface area contributed by atoms with Gasteiger partial charge in [-0.3, -0.25) is 14.9 Å². The number of nitrogens with one attached hydrogen (secondary N) is 2. The fraction of sp³-hybridized carbons (Fsp3) is 0.522. The van der Waals surface area contributed by atoms with E-state index in [1.54, 1.807) is 45.9 Å². The molecular formula is C23H33N3O5. The lowest BCUT2D eigenvalue weighted by atomic mass is 9.89. The van der Waals surface area contributed by atoms with Crippen molar-refractivity contribution >= 4 is 23.6 Å². The molecule has 0 radical (unpaired) electrons. The third-order valence-corrected chi connectivity index (χ3v) is 4.65. The van der Waals surface area contributed by atoms with Crippen LogP contribution in [0, 0.1) is 0 Å². The number of likely N-dealkylation sites (N-methyl/N-ethyl adjacent to an activating group) is 1. The molecule has 1 aliphatic rings. The molecule has 0 bridgehead atoms. The van der Waals surface area contributed by atoms with Gasteiger partial charge in [-0.1, -0.05) is 6.58 Å². The number of ether oxygens (including phenoxy) is 2. The molecular weight excluding hydrogens is 398 g/mol. The number of benzene rings is 1. The van der Waals surface area contributed by atoms with E-state index >= 15 is 0 Å². The summed E-state index contributed by atoms with van der Waals surface area (Å²) in [6.45, 7) is 14.9. The average molecular weight is 432 g/mol. The second-order valence-corrected chi connectivity index (χ2v) is 9.12. The van der Waals surface area contributed by atoms with E-state index in [2.05, 4.69) is 17.2 Å². The molecule has 0 spiro atoms. The van der Waals surface area contributed by atoms with Gasteiger partial charge in [0, 0.05) is 24.2 Å². The largest absolute Gasteiger partial charge is 0.487 e. The average Bonchev–Trinajstić information content (AvgIpc) is 2.63. The Labute approximate surface area is 184 Å². The van der Waals surface area contributed by atoms with Crippen molar-refractivity contribution in [2.45, 2.75) is 65.2 Å². The number of nitrogens with zero attached hydrogens (tertiary/aromatic N) is 1. The first-order chi connectivity index (χ1) is 14.3. The van der Waals surface area contributed by atoms with Crippen LogP contribution >= 0.6 is 0 Å². The predicted octanol–water partition coefficient (Wildman–Crippen LogP) is 3.79. The third kappa shape index (κ3) is 7.01. The van der Waals surface area contributed by atoms with Gasteiger partial charge in [0.2, 0.25) is 11.8 Å². The van der Waals surface area contributed by atoms with Gasteiger partial charge in [0.05, 0.1) is 12.6 Å². The summed E-state index contributed by atoms with van der Waals surface area (Å²) in [6.07, 6.45) is 1.16. The minimum atomic E-state index is -0.615. The zero-order valence-corrected chi connectivity index (χ0v) is 19.2. The van der Waals surface area contributed by atoms with Crippen molar-refractivity contribution in [2.24, 2.45) is 0 Å². The first-order valence-corrected chi connectivity index (χ1v) is 10.4. The summed E-state index contributed by atoms with van der Waals surface area (Å²) < 4.78 is 11.4. The van der Waals surface area contributed by atoms with Gasteiger partial charge in [-0.2, -0.15) is 0 Å². The SMILES string of the molecule is C=CC(=O)N(CC)CC(=O)NC1CC(C)(C)Oc2ccc(NC(=O)OC(C)(C)C)cc21. The van der Waals surface area contributed by atoms with Crippen molar-refractivity contribution in [3.63, 3.8) is 0 Å². The number of rotatable bonds is 6. The lowest BCUT2D eigenvalue weighted by molar-refractivity contribution is -0.132. The summed E-state index contributed by atoms with van der Waals surface area (Å²) >= 11 is 0. The van der Waals surface area contributed by atoms with Crippen molar-refractivity contribution in [2.75, 3.05) is 18.4 Å². The minimum absolute atomic E-state index is 0.0652. The summed E-state index contributed by atoms with van der Waals surface area (Å²) in [5, 5.41) is 5.72. The molecule has 2 N–H and O–H groups in total. The summed E-state index contributed by atoms with van der Waals surface area (Å²) in [4.78, 5) is 38.1. The normalized spacial score (nSPS) is 16.9. The van der Waals surface area contributed by atoms with Gasteiger partial charge in [-0.05, 0) is 65.8 Å². The summed E-state index contributed by atoms with van der Waals surface area (Å²) in [7, 11) is 0. The second kappa shape index (κ2) is 9.41. The highest BCUT2D eigenvalue weighted by atomic mass is 16.6. The number of fused-ring (bicyclic) bond motifs is 1. The Bertz CT molecular complexity index is 857. The smallest absolute Gasteiger partial charge is 0.412 e. The van der Waals surface area contributed by atoms with Crippen LogP contribution in [0.3, 0.4) is 0 Å². The molecule has 0 aromatic heterocycles. The first kappa shape index (κ1) is 24.2. The quantitative estimate of drug-likeness (QED) is 0.668. The molecule has 1 aromatic carbocycles. The molecule has 1 aliphatic heterocycles. The molecule has 3 amide bonds. The van der Waals surface area contributed by atoms with E-state index in [0.29, 0.717) is 24.4 Å². The Hall–Kier alpha value is -3.03. The maximum atomic E-state index is 12.7. The number of anilines is 1. The van der Waals surface area contributed by atoms with Crippen molar-refractivity contribution < 1.29 is 23.9 Å².